The maximum absolute atomic E-state index is 4.55. The molecule has 2 heterocycles. The Labute approximate surface area is 119 Å². The average Bonchev–Trinajstić information content (AvgIpc) is 2.81. The molecule has 2 aromatic heterocycles. The fraction of sp³-hybridized carbons (Fsp3) is 0.533. The van der Waals surface area contributed by atoms with E-state index in [-0.39, 0.29) is 0 Å². The molecule has 20 heavy (non-hydrogen) atoms. The number of hydrogen-bond acceptors (Lipinski definition) is 4. The Balaban J connectivity index is 1.94. The molecule has 1 unspecified atom stereocenters. The van der Waals surface area contributed by atoms with Crippen LogP contribution in [0.1, 0.15) is 49.9 Å². The minimum Gasteiger partial charge on any atom is -0.310 e. The highest BCUT2D eigenvalue weighted by Crippen LogP contribution is 2.29. The van der Waals surface area contributed by atoms with Crippen LogP contribution >= 0.6 is 0 Å². The van der Waals surface area contributed by atoms with Gasteiger partial charge in [-0.15, -0.1) is 0 Å². The number of fused-ring (bicyclic) bond motifs is 1. The fourth-order valence-electron chi connectivity index (χ4n) is 2.86. The summed E-state index contributed by atoms with van der Waals surface area (Å²) in [5.74, 6) is 0.859. The van der Waals surface area contributed by atoms with Gasteiger partial charge in [-0.05, 0) is 32.2 Å². The summed E-state index contributed by atoms with van der Waals surface area (Å²) in [6.45, 7) is 3.26. The fourth-order valence-corrected chi connectivity index (χ4v) is 2.86. The summed E-state index contributed by atoms with van der Waals surface area (Å²) in [5, 5.41) is 8.20. The molecule has 3 rings (SSSR count). The van der Waals surface area contributed by atoms with Gasteiger partial charge < -0.3 is 5.32 Å². The van der Waals surface area contributed by atoms with Gasteiger partial charge in [-0.25, -0.2) is 14.6 Å². The molecule has 2 aromatic rings. The van der Waals surface area contributed by atoms with E-state index < -0.39 is 0 Å². The SMILES string of the molecule is CCCNC1CCCCc2c1cnn2-c1ccncn1. The van der Waals surface area contributed by atoms with Crippen LogP contribution in [0, 0.1) is 0 Å². The number of rotatable bonds is 4. The predicted octanol–water partition coefficient (Wildman–Crippen LogP) is 2.43. The van der Waals surface area contributed by atoms with Crippen LogP contribution in [0.3, 0.4) is 0 Å². The molecule has 0 aliphatic heterocycles. The number of nitrogens with one attached hydrogen (secondary N) is 1. The predicted molar refractivity (Wildman–Crippen MR) is 77.7 cm³/mol. The van der Waals surface area contributed by atoms with Crippen LogP contribution in [0.2, 0.25) is 0 Å². The monoisotopic (exact) mass is 271 g/mol. The van der Waals surface area contributed by atoms with Crippen LogP contribution in [0.5, 0.6) is 0 Å². The summed E-state index contributed by atoms with van der Waals surface area (Å²) in [7, 11) is 0. The molecule has 106 valence electrons. The Kier molecular flexibility index (Phi) is 4.06. The molecule has 0 amide bonds. The zero-order valence-electron chi connectivity index (χ0n) is 11.9. The van der Waals surface area contributed by atoms with Crippen molar-refractivity contribution in [1.82, 2.24) is 25.1 Å². The van der Waals surface area contributed by atoms with E-state index in [2.05, 4.69) is 27.3 Å². The first-order valence-corrected chi connectivity index (χ1v) is 7.46. The van der Waals surface area contributed by atoms with Crippen LogP contribution in [-0.2, 0) is 6.42 Å². The largest absolute Gasteiger partial charge is 0.310 e. The van der Waals surface area contributed by atoms with Crippen molar-refractivity contribution in [2.75, 3.05) is 6.54 Å². The van der Waals surface area contributed by atoms with Gasteiger partial charge in [0.25, 0.3) is 0 Å². The van der Waals surface area contributed by atoms with E-state index in [0.717, 1.165) is 25.2 Å². The highest BCUT2D eigenvalue weighted by Gasteiger charge is 2.22. The molecule has 1 aliphatic carbocycles. The summed E-state index contributed by atoms with van der Waals surface area (Å²) >= 11 is 0. The van der Waals surface area contributed by atoms with Crippen molar-refractivity contribution in [3.63, 3.8) is 0 Å². The van der Waals surface area contributed by atoms with Gasteiger partial charge in [0.05, 0.1) is 11.9 Å². The molecule has 0 aromatic carbocycles. The molecule has 1 aliphatic rings. The highest BCUT2D eigenvalue weighted by atomic mass is 15.3. The van der Waals surface area contributed by atoms with Gasteiger partial charge >= 0.3 is 0 Å². The molecule has 0 bridgehead atoms. The van der Waals surface area contributed by atoms with E-state index in [9.17, 15) is 0 Å². The zero-order valence-corrected chi connectivity index (χ0v) is 11.9. The topological polar surface area (TPSA) is 55.6 Å². The lowest BCUT2D eigenvalue weighted by atomic mass is 10.1. The third-order valence-electron chi connectivity index (χ3n) is 3.86. The van der Waals surface area contributed by atoms with Crippen molar-refractivity contribution >= 4 is 0 Å². The molecule has 0 saturated heterocycles. The second-order valence-electron chi connectivity index (χ2n) is 5.28. The van der Waals surface area contributed by atoms with E-state index in [1.54, 1.807) is 12.5 Å². The Morgan fingerprint density at radius 1 is 1.40 bits per heavy atom. The third kappa shape index (κ3) is 2.58. The van der Waals surface area contributed by atoms with Gasteiger partial charge in [0.15, 0.2) is 5.82 Å². The van der Waals surface area contributed by atoms with Crippen molar-refractivity contribution in [3.05, 3.63) is 36.0 Å². The normalized spacial score (nSPS) is 18.6. The van der Waals surface area contributed by atoms with Crippen molar-refractivity contribution in [2.24, 2.45) is 0 Å². The first kappa shape index (κ1) is 13.2. The lowest BCUT2D eigenvalue weighted by molar-refractivity contribution is 0.489. The van der Waals surface area contributed by atoms with Crippen LogP contribution in [0.25, 0.3) is 5.82 Å². The van der Waals surface area contributed by atoms with Gasteiger partial charge in [0.1, 0.15) is 6.33 Å². The van der Waals surface area contributed by atoms with Crippen molar-refractivity contribution in [2.45, 2.75) is 45.1 Å². The van der Waals surface area contributed by atoms with Gasteiger partial charge in [-0.2, -0.15) is 5.10 Å². The van der Waals surface area contributed by atoms with Crippen LogP contribution < -0.4 is 5.32 Å². The minimum atomic E-state index is 0.433. The first-order valence-electron chi connectivity index (χ1n) is 7.46. The van der Waals surface area contributed by atoms with Crippen molar-refractivity contribution in [3.8, 4) is 5.82 Å². The lowest BCUT2D eigenvalue weighted by Crippen LogP contribution is -2.22. The second-order valence-corrected chi connectivity index (χ2v) is 5.28. The van der Waals surface area contributed by atoms with Crippen molar-refractivity contribution in [1.29, 1.82) is 0 Å². The van der Waals surface area contributed by atoms with Crippen LogP contribution in [0.15, 0.2) is 24.8 Å². The molecule has 5 heteroatoms. The molecule has 1 atom stereocenters. The van der Waals surface area contributed by atoms with Gasteiger partial charge in [-0.1, -0.05) is 13.3 Å². The molecule has 0 spiro atoms. The van der Waals surface area contributed by atoms with E-state index in [1.807, 2.05) is 16.9 Å². The van der Waals surface area contributed by atoms with E-state index in [4.69, 9.17) is 0 Å². The number of aromatic nitrogens is 4. The molecule has 0 fully saturated rings. The summed E-state index contributed by atoms with van der Waals surface area (Å²) in [6.07, 6.45) is 11.3. The second kappa shape index (κ2) is 6.13. The smallest absolute Gasteiger partial charge is 0.156 e. The molecule has 5 nitrogen and oxygen atoms in total. The van der Waals surface area contributed by atoms with E-state index >= 15 is 0 Å². The summed E-state index contributed by atoms with van der Waals surface area (Å²) in [5.41, 5.74) is 2.64. The van der Waals surface area contributed by atoms with E-state index in [1.165, 1.54) is 30.5 Å². The quantitative estimate of drug-likeness (QED) is 0.868. The van der Waals surface area contributed by atoms with Crippen LogP contribution in [0.4, 0.5) is 0 Å². The number of nitrogens with zero attached hydrogens (tertiary/aromatic N) is 4. The Bertz CT molecular complexity index is 549. The molecular formula is C15H21N5. The Morgan fingerprint density at radius 3 is 3.15 bits per heavy atom. The standard InChI is InChI=1S/C15H21N5/c1-2-8-17-13-5-3-4-6-14-12(13)10-19-20(14)15-7-9-16-11-18-15/h7,9-11,13,17H,2-6,8H2,1H3. The van der Waals surface area contributed by atoms with Gasteiger partial charge in [-0.3, -0.25) is 0 Å². The third-order valence-corrected chi connectivity index (χ3v) is 3.86. The molecule has 0 radical (unpaired) electrons. The Morgan fingerprint density at radius 2 is 2.35 bits per heavy atom. The van der Waals surface area contributed by atoms with Gasteiger partial charge in [0.2, 0.25) is 0 Å². The maximum Gasteiger partial charge on any atom is 0.156 e. The van der Waals surface area contributed by atoms with E-state index in [0.29, 0.717) is 6.04 Å². The first-order chi connectivity index (χ1) is 9.90. The van der Waals surface area contributed by atoms with Gasteiger partial charge in [0, 0.05) is 23.9 Å². The minimum absolute atomic E-state index is 0.433. The Hall–Kier alpha value is -1.75. The summed E-state index contributed by atoms with van der Waals surface area (Å²) < 4.78 is 1.98. The molecular weight excluding hydrogens is 250 g/mol. The highest BCUT2D eigenvalue weighted by molar-refractivity contribution is 5.31. The maximum atomic E-state index is 4.55. The zero-order chi connectivity index (χ0) is 13.8. The summed E-state index contributed by atoms with van der Waals surface area (Å²) in [4.78, 5) is 8.29. The van der Waals surface area contributed by atoms with Crippen LogP contribution in [-0.4, -0.2) is 26.3 Å². The lowest BCUT2D eigenvalue weighted by Gasteiger charge is -2.16. The molecule has 0 saturated carbocycles. The number of hydrogen-bond donors (Lipinski definition) is 1. The molecule has 1 N–H and O–H groups in total. The summed E-state index contributed by atoms with van der Waals surface area (Å²) in [6, 6.07) is 2.34. The van der Waals surface area contributed by atoms with Crippen molar-refractivity contribution < 1.29 is 0 Å². The average molecular weight is 271 g/mol.